The fourth-order valence-electron chi connectivity index (χ4n) is 2.01. The fourth-order valence-corrected chi connectivity index (χ4v) is 2.01. The van der Waals surface area contributed by atoms with Crippen LogP contribution in [0.3, 0.4) is 0 Å². The average Bonchev–Trinajstić information content (AvgIpc) is 2.51. The maximum Gasteiger partial charge on any atom is 0.330 e. The van der Waals surface area contributed by atoms with Crippen LogP contribution in [0.1, 0.15) is 17.2 Å². The Balaban J connectivity index is 2.37. The highest BCUT2D eigenvalue weighted by Crippen LogP contribution is 2.15. The molecule has 1 aromatic carbocycles. The highest BCUT2D eigenvalue weighted by Gasteiger charge is 2.09. The lowest BCUT2D eigenvalue weighted by Gasteiger charge is -2.09. The number of aliphatic imine (C=N–C) groups is 1. The Kier molecular flexibility index (Phi) is 4.49. The normalized spacial score (nSPS) is 12.7. The lowest BCUT2D eigenvalue weighted by atomic mass is 10.1. The molecule has 0 amide bonds. The molecular weight excluding hydrogens is 270 g/mol. The monoisotopic (exact) mass is 287 g/mol. The van der Waals surface area contributed by atoms with Crippen molar-refractivity contribution in [3.63, 3.8) is 0 Å². The second-order valence-electron chi connectivity index (χ2n) is 4.73. The first kappa shape index (κ1) is 14.9. The van der Waals surface area contributed by atoms with Crippen LogP contribution in [-0.4, -0.2) is 27.1 Å². The Morgan fingerprint density at radius 2 is 1.90 bits per heavy atom. The summed E-state index contributed by atoms with van der Waals surface area (Å²) in [6.45, 7) is -0.160. The number of aliphatic hydroxyl groups is 1. The topological polar surface area (TPSA) is 76.6 Å². The van der Waals surface area contributed by atoms with Gasteiger partial charge in [-0.15, -0.1) is 0 Å². The van der Waals surface area contributed by atoms with Gasteiger partial charge in [0.2, 0.25) is 0 Å². The van der Waals surface area contributed by atoms with Crippen molar-refractivity contribution in [2.45, 2.75) is 6.04 Å². The van der Waals surface area contributed by atoms with E-state index in [-0.39, 0.29) is 12.3 Å². The summed E-state index contributed by atoms with van der Waals surface area (Å²) in [6.07, 6.45) is 2.84. The van der Waals surface area contributed by atoms with E-state index >= 15 is 0 Å². The maximum atomic E-state index is 12.0. The summed E-state index contributed by atoms with van der Waals surface area (Å²) in [7, 11) is 2.99. The third-order valence-corrected chi connectivity index (χ3v) is 3.22. The van der Waals surface area contributed by atoms with Gasteiger partial charge in [0, 0.05) is 26.5 Å². The first-order chi connectivity index (χ1) is 10.0. The van der Waals surface area contributed by atoms with E-state index in [1.807, 2.05) is 30.3 Å². The van der Waals surface area contributed by atoms with Crippen molar-refractivity contribution in [1.29, 1.82) is 0 Å². The minimum atomic E-state index is -0.437. The molecule has 110 valence electrons. The van der Waals surface area contributed by atoms with Gasteiger partial charge in [-0.05, 0) is 5.56 Å². The summed E-state index contributed by atoms with van der Waals surface area (Å²) in [5, 5.41) is 9.43. The van der Waals surface area contributed by atoms with Gasteiger partial charge >= 0.3 is 5.69 Å². The molecule has 0 saturated heterocycles. The molecule has 0 aliphatic heterocycles. The molecule has 21 heavy (non-hydrogen) atoms. The molecule has 0 saturated carbocycles. The molecule has 0 aliphatic rings. The SMILES string of the molecule is Cn1cc(C=N[C@@H](CO)c2ccccc2)c(=O)n(C)c1=O. The zero-order chi connectivity index (χ0) is 15.4. The average molecular weight is 287 g/mol. The van der Waals surface area contributed by atoms with Gasteiger partial charge in [-0.1, -0.05) is 30.3 Å². The van der Waals surface area contributed by atoms with E-state index in [0.29, 0.717) is 5.56 Å². The molecule has 0 bridgehead atoms. The summed E-state index contributed by atoms with van der Waals surface area (Å²) >= 11 is 0. The van der Waals surface area contributed by atoms with Crippen LogP contribution in [0.4, 0.5) is 0 Å². The summed E-state index contributed by atoms with van der Waals surface area (Å²) in [5.74, 6) is 0. The number of hydrogen-bond acceptors (Lipinski definition) is 4. The zero-order valence-electron chi connectivity index (χ0n) is 11.9. The van der Waals surface area contributed by atoms with Gasteiger partial charge < -0.3 is 9.67 Å². The van der Waals surface area contributed by atoms with Gasteiger partial charge in [-0.2, -0.15) is 0 Å². The standard InChI is InChI=1S/C15H17N3O3/c1-17-9-12(14(20)18(2)15(17)21)8-16-13(10-19)11-6-4-3-5-7-11/h3-9,13,19H,10H2,1-2H3/t13-/m0/s1. The van der Waals surface area contributed by atoms with E-state index in [1.54, 1.807) is 7.05 Å². The van der Waals surface area contributed by atoms with E-state index in [2.05, 4.69) is 4.99 Å². The Bertz CT molecular complexity index is 760. The van der Waals surface area contributed by atoms with Crippen molar-refractivity contribution >= 4 is 6.21 Å². The van der Waals surface area contributed by atoms with Gasteiger partial charge in [0.25, 0.3) is 5.56 Å². The van der Waals surface area contributed by atoms with Crippen LogP contribution in [0, 0.1) is 0 Å². The third-order valence-electron chi connectivity index (χ3n) is 3.22. The van der Waals surface area contributed by atoms with Crippen molar-refractivity contribution < 1.29 is 5.11 Å². The van der Waals surface area contributed by atoms with Crippen molar-refractivity contribution in [2.75, 3.05) is 6.61 Å². The quantitative estimate of drug-likeness (QED) is 0.818. The molecule has 6 heteroatoms. The van der Waals surface area contributed by atoms with Crippen LogP contribution >= 0.6 is 0 Å². The molecule has 0 radical (unpaired) electrons. The Morgan fingerprint density at radius 1 is 1.24 bits per heavy atom. The van der Waals surface area contributed by atoms with E-state index in [1.165, 1.54) is 24.0 Å². The van der Waals surface area contributed by atoms with E-state index < -0.39 is 11.6 Å². The second kappa shape index (κ2) is 6.32. The molecule has 1 heterocycles. The van der Waals surface area contributed by atoms with Gasteiger partial charge in [0.15, 0.2) is 0 Å². The van der Waals surface area contributed by atoms with Crippen LogP contribution in [0.5, 0.6) is 0 Å². The molecule has 2 aromatic rings. The first-order valence-corrected chi connectivity index (χ1v) is 6.50. The van der Waals surface area contributed by atoms with Gasteiger partial charge in [0.05, 0.1) is 18.2 Å². The number of aromatic nitrogens is 2. The van der Waals surface area contributed by atoms with E-state index in [4.69, 9.17) is 0 Å². The number of aryl methyl sites for hydroxylation is 1. The van der Waals surface area contributed by atoms with Crippen LogP contribution in [-0.2, 0) is 14.1 Å². The first-order valence-electron chi connectivity index (χ1n) is 6.50. The van der Waals surface area contributed by atoms with Crippen LogP contribution < -0.4 is 11.2 Å². The predicted octanol–water partition coefficient (Wildman–Crippen LogP) is 0.237. The van der Waals surface area contributed by atoms with E-state index in [0.717, 1.165) is 10.1 Å². The highest BCUT2D eigenvalue weighted by molar-refractivity contribution is 5.78. The second-order valence-corrected chi connectivity index (χ2v) is 4.73. The maximum absolute atomic E-state index is 12.0. The minimum Gasteiger partial charge on any atom is -0.394 e. The molecule has 1 aromatic heterocycles. The number of aliphatic hydroxyl groups excluding tert-OH is 1. The Labute approximate surface area is 121 Å². The molecule has 2 rings (SSSR count). The van der Waals surface area contributed by atoms with Crippen LogP contribution in [0.2, 0.25) is 0 Å². The van der Waals surface area contributed by atoms with Crippen LogP contribution in [0.15, 0.2) is 51.1 Å². The van der Waals surface area contributed by atoms with Crippen molar-refractivity contribution in [2.24, 2.45) is 19.1 Å². The molecule has 1 atom stereocenters. The smallest absolute Gasteiger partial charge is 0.330 e. The number of rotatable bonds is 4. The number of nitrogens with zero attached hydrogens (tertiary/aromatic N) is 3. The largest absolute Gasteiger partial charge is 0.394 e. The summed E-state index contributed by atoms with van der Waals surface area (Å²) in [4.78, 5) is 27.8. The predicted molar refractivity (Wildman–Crippen MR) is 80.8 cm³/mol. The number of benzene rings is 1. The van der Waals surface area contributed by atoms with Gasteiger partial charge in [-0.3, -0.25) is 14.4 Å². The van der Waals surface area contributed by atoms with E-state index in [9.17, 15) is 14.7 Å². The Hall–Kier alpha value is -2.47. The van der Waals surface area contributed by atoms with Gasteiger partial charge in [-0.25, -0.2) is 4.79 Å². The lowest BCUT2D eigenvalue weighted by Crippen LogP contribution is -2.38. The minimum absolute atomic E-state index is 0.160. The third kappa shape index (κ3) is 3.17. The molecule has 0 unspecified atom stereocenters. The molecule has 0 spiro atoms. The summed E-state index contributed by atoms with van der Waals surface area (Å²) in [5.41, 5.74) is 0.359. The summed E-state index contributed by atoms with van der Waals surface area (Å²) < 4.78 is 2.34. The molecule has 1 N–H and O–H groups in total. The van der Waals surface area contributed by atoms with Crippen molar-refractivity contribution in [3.05, 3.63) is 68.5 Å². The van der Waals surface area contributed by atoms with Crippen molar-refractivity contribution in [3.8, 4) is 0 Å². The highest BCUT2D eigenvalue weighted by atomic mass is 16.3. The molecule has 6 nitrogen and oxygen atoms in total. The molecule has 0 fully saturated rings. The lowest BCUT2D eigenvalue weighted by molar-refractivity contribution is 0.269. The number of hydrogen-bond donors (Lipinski definition) is 1. The fraction of sp³-hybridized carbons (Fsp3) is 0.267. The van der Waals surface area contributed by atoms with Crippen molar-refractivity contribution in [1.82, 2.24) is 9.13 Å². The Morgan fingerprint density at radius 3 is 2.52 bits per heavy atom. The van der Waals surface area contributed by atoms with Gasteiger partial charge in [0.1, 0.15) is 0 Å². The molecule has 0 aliphatic carbocycles. The summed E-state index contributed by atoms with van der Waals surface area (Å²) in [6, 6.07) is 8.88. The molecular formula is C15H17N3O3. The van der Waals surface area contributed by atoms with Crippen LogP contribution in [0.25, 0.3) is 0 Å². The zero-order valence-corrected chi connectivity index (χ0v) is 11.9.